The van der Waals surface area contributed by atoms with Crippen molar-refractivity contribution in [3.63, 3.8) is 0 Å². The van der Waals surface area contributed by atoms with Crippen molar-refractivity contribution in [3.8, 4) is 5.75 Å². The molecule has 0 saturated heterocycles. The van der Waals surface area contributed by atoms with Crippen LogP contribution in [0.4, 0.5) is 5.69 Å². The molecule has 9 heteroatoms. The molecule has 0 unspecified atom stereocenters. The van der Waals surface area contributed by atoms with E-state index < -0.39 is 24.5 Å². The quantitative estimate of drug-likeness (QED) is 0.572. The van der Waals surface area contributed by atoms with Crippen LogP contribution in [-0.4, -0.2) is 41.7 Å². The van der Waals surface area contributed by atoms with Crippen LogP contribution in [-0.2, 0) is 4.79 Å². The number of amides is 1. The Kier molecular flexibility index (Phi) is 6.14. The first kappa shape index (κ1) is 21.4. The molecule has 7 nitrogen and oxygen atoms in total. The summed E-state index contributed by atoms with van der Waals surface area (Å²) < 4.78 is 5.61. The van der Waals surface area contributed by atoms with E-state index in [2.05, 4.69) is 0 Å². The standard InChI is InChI=1S/C21H15Cl2NO6/c1-24(15-4-2-3-11(7-15)20(26)27)18(25)10-30-17-8-13(21(28)29)5-12-6-14(22)9-16(23)19(12)17/h2-9H,10H2,1H3,(H,26,27)(H,28,29). The predicted molar refractivity (Wildman–Crippen MR) is 113 cm³/mol. The van der Waals surface area contributed by atoms with Crippen molar-refractivity contribution in [2.45, 2.75) is 0 Å². The Labute approximate surface area is 181 Å². The van der Waals surface area contributed by atoms with Crippen LogP contribution < -0.4 is 9.64 Å². The Morgan fingerprint density at radius 1 is 0.967 bits per heavy atom. The number of carbonyl (C=O) groups excluding carboxylic acids is 1. The molecule has 0 spiro atoms. The van der Waals surface area contributed by atoms with E-state index in [0.29, 0.717) is 21.5 Å². The number of fused-ring (bicyclic) bond motifs is 1. The highest BCUT2D eigenvalue weighted by Crippen LogP contribution is 2.36. The summed E-state index contributed by atoms with van der Waals surface area (Å²) in [6.45, 7) is -0.426. The number of halogens is 2. The number of carbonyl (C=O) groups is 3. The number of hydrogen-bond donors (Lipinski definition) is 2. The molecule has 30 heavy (non-hydrogen) atoms. The third kappa shape index (κ3) is 4.48. The Bertz CT molecular complexity index is 1180. The molecular formula is C21H15Cl2NO6. The molecule has 0 fully saturated rings. The maximum Gasteiger partial charge on any atom is 0.335 e. The van der Waals surface area contributed by atoms with E-state index in [4.69, 9.17) is 33.0 Å². The fourth-order valence-electron chi connectivity index (χ4n) is 2.86. The van der Waals surface area contributed by atoms with Crippen LogP contribution in [0.25, 0.3) is 10.8 Å². The molecule has 3 aromatic carbocycles. The molecule has 0 saturated carbocycles. The summed E-state index contributed by atoms with van der Waals surface area (Å²) in [7, 11) is 1.48. The van der Waals surface area contributed by atoms with Gasteiger partial charge in [0, 0.05) is 23.1 Å². The Hall–Kier alpha value is -3.29. The molecule has 0 aromatic heterocycles. The number of carboxylic acids is 2. The van der Waals surface area contributed by atoms with Gasteiger partial charge in [0.25, 0.3) is 5.91 Å². The predicted octanol–water partition coefficient (Wildman–Crippen LogP) is 4.58. The topological polar surface area (TPSA) is 104 Å². The largest absolute Gasteiger partial charge is 0.483 e. The second-order valence-electron chi connectivity index (χ2n) is 6.36. The molecule has 3 rings (SSSR count). The minimum absolute atomic E-state index is 0.0388. The van der Waals surface area contributed by atoms with Gasteiger partial charge in [-0.2, -0.15) is 0 Å². The highest BCUT2D eigenvalue weighted by molar-refractivity contribution is 6.39. The summed E-state index contributed by atoms with van der Waals surface area (Å²) in [5, 5.41) is 19.9. The van der Waals surface area contributed by atoms with Crippen LogP contribution in [0.3, 0.4) is 0 Å². The molecule has 0 aliphatic rings. The lowest BCUT2D eigenvalue weighted by molar-refractivity contribution is -0.120. The van der Waals surface area contributed by atoms with Crippen molar-refractivity contribution >= 4 is 57.5 Å². The molecule has 1 amide bonds. The third-order valence-corrected chi connectivity index (χ3v) is 4.90. The monoisotopic (exact) mass is 447 g/mol. The smallest absolute Gasteiger partial charge is 0.335 e. The van der Waals surface area contributed by atoms with Crippen molar-refractivity contribution in [3.05, 3.63) is 69.7 Å². The van der Waals surface area contributed by atoms with E-state index in [0.717, 1.165) is 0 Å². The van der Waals surface area contributed by atoms with Gasteiger partial charge in [0.2, 0.25) is 0 Å². The Balaban J connectivity index is 1.89. The van der Waals surface area contributed by atoms with Gasteiger partial charge in [-0.15, -0.1) is 0 Å². The number of aromatic carboxylic acids is 2. The zero-order valence-corrected chi connectivity index (χ0v) is 17.1. The summed E-state index contributed by atoms with van der Waals surface area (Å²) >= 11 is 12.3. The molecule has 0 atom stereocenters. The molecule has 154 valence electrons. The van der Waals surface area contributed by atoms with Crippen molar-refractivity contribution in [1.82, 2.24) is 0 Å². The summed E-state index contributed by atoms with van der Waals surface area (Å²) in [5.74, 6) is -2.64. The number of ether oxygens (including phenoxy) is 1. The zero-order chi connectivity index (χ0) is 22.0. The molecule has 0 radical (unpaired) electrons. The highest BCUT2D eigenvalue weighted by Gasteiger charge is 2.17. The SMILES string of the molecule is CN(C(=O)COc1cc(C(=O)O)cc2cc(Cl)cc(Cl)c12)c1cccc(C(=O)O)c1. The minimum Gasteiger partial charge on any atom is -0.483 e. The number of hydrogen-bond acceptors (Lipinski definition) is 4. The lowest BCUT2D eigenvalue weighted by atomic mass is 10.1. The Morgan fingerprint density at radius 3 is 2.33 bits per heavy atom. The van der Waals surface area contributed by atoms with Crippen LogP contribution in [0.15, 0.2) is 48.5 Å². The molecule has 0 aliphatic heterocycles. The molecule has 3 aromatic rings. The highest BCUT2D eigenvalue weighted by atomic mass is 35.5. The minimum atomic E-state index is -1.17. The summed E-state index contributed by atoms with van der Waals surface area (Å²) in [4.78, 5) is 36.4. The van der Waals surface area contributed by atoms with E-state index in [9.17, 15) is 19.5 Å². The average molecular weight is 448 g/mol. The van der Waals surface area contributed by atoms with Crippen LogP contribution >= 0.6 is 23.2 Å². The number of anilines is 1. The van der Waals surface area contributed by atoms with Crippen molar-refractivity contribution in [1.29, 1.82) is 0 Å². The van der Waals surface area contributed by atoms with E-state index in [-0.39, 0.29) is 21.9 Å². The maximum atomic E-state index is 12.6. The van der Waals surface area contributed by atoms with E-state index >= 15 is 0 Å². The van der Waals surface area contributed by atoms with E-state index in [1.54, 1.807) is 12.1 Å². The van der Waals surface area contributed by atoms with Gasteiger partial charge in [-0.25, -0.2) is 9.59 Å². The number of carboxylic acid groups (broad SMARTS) is 2. The summed E-state index contributed by atoms with van der Waals surface area (Å²) in [6.07, 6.45) is 0. The number of rotatable bonds is 6. The molecule has 0 aliphatic carbocycles. The fraction of sp³-hybridized carbons (Fsp3) is 0.0952. The molecule has 0 heterocycles. The van der Waals surface area contributed by atoms with Crippen molar-refractivity contribution in [2.75, 3.05) is 18.6 Å². The van der Waals surface area contributed by atoms with E-state index in [1.165, 1.54) is 48.3 Å². The second-order valence-corrected chi connectivity index (χ2v) is 7.21. The van der Waals surface area contributed by atoms with Gasteiger partial charge in [-0.05, 0) is 47.9 Å². The number of benzene rings is 3. The van der Waals surface area contributed by atoms with Gasteiger partial charge in [0.15, 0.2) is 6.61 Å². The lowest BCUT2D eigenvalue weighted by Crippen LogP contribution is -2.31. The zero-order valence-electron chi connectivity index (χ0n) is 15.6. The average Bonchev–Trinajstić information content (AvgIpc) is 2.70. The summed E-state index contributed by atoms with van der Waals surface area (Å²) in [5.41, 5.74) is 0.361. The maximum absolute atomic E-state index is 12.6. The number of nitrogens with zero attached hydrogens (tertiary/aromatic N) is 1. The second kappa shape index (κ2) is 8.61. The van der Waals surface area contributed by atoms with Crippen molar-refractivity contribution < 1.29 is 29.3 Å². The van der Waals surface area contributed by atoms with Crippen molar-refractivity contribution in [2.24, 2.45) is 0 Å². The van der Waals surface area contributed by atoms with Gasteiger partial charge in [0.05, 0.1) is 16.1 Å². The van der Waals surface area contributed by atoms with Crippen LogP contribution in [0, 0.1) is 0 Å². The third-order valence-electron chi connectivity index (χ3n) is 4.38. The first-order chi connectivity index (χ1) is 14.2. The lowest BCUT2D eigenvalue weighted by Gasteiger charge is -2.19. The summed E-state index contributed by atoms with van der Waals surface area (Å²) in [6, 6.07) is 11.6. The molecule has 0 bridgehead atoms. The van der Waals surface area contributed by atoms with Gasteiger partial charge in [0.1, 0.15) is 5.75 Å². The van der Waals surface area contributed by atoms with Gasteiger partial charge in [-0.3, -0.25) is 4.79 Å². The Morgan fingerprint density at radius 2 is 1.67 bits per heavy atom. The molecular weight excluding hydrogens is 433 g/mol. The normalized spacial score (nSPS) is 10.6. The fourth-order valence-corrected chi connectivity index (χ4v) is 3.46. The number of likely N-dealkylation sites (N-methyl/N-ethyl adjacent to an activating group) is 1. The van der Waals surface area contributed by atoms with Crippen LogP contribution in [0.5, 0.6) is 5.75 Å². The van der Waals surface area contributed by atoms with E-state index in [1.807, 2.05) is 0 Å². The van der Waals surface area contributed by atoms with Crippen LogP contribution in [0.1, 0.15) is 20.7 Å². The van der Waals surface area contributed by atoms with Gasteiger partial charge < -0.3 is 19.8 Å². The first-order valence-electron chi connectivity index (χ1n) is 8.56. The van der Waals surface area contributed by atoms with Gasteiger partial charge in [-0.1, -0.05) is 29.3 Å². The first-order valence-corrected chi connectivity index (χ1v) is 9.32. The van der Waals surface area contributed by atoms with Crippen LogP contribution in [0.2, 0.25) is 10.0 Å². The van der Waals surface area contributed by atoms with Gasteiger partial charge >= 0.3 is 11.9 Å². The molecule has 2 N–H and O–H groups in total.